The predicted octanol–water partition coefficient (Wildman–Crippen LogP) is 2.74. The van der Waals surface area contributed by atoms with Crippen molar-refractivity contribution in [3.05, 3.63) is 35.9 Å². The van der Waals surface area contributed by atoms with Crippen molar-refractivity contribution in [2.75, 3.05) is 39.4 Å². The first-order chi connectivity index (χ1) is 11.7. The van der Waals surface area contributed by atoms with Gasteiger partial charge in [0.1, 0.15) is 0 Å². The van der Waals surface area contributed by atoms with E-state index in [1.807, 2.05) is 0 Å². The van der Waals surface area contributed by atoms with Crippen LogP contribution >= 0.6 is 0 Å². The molecule has 3 aliphatic rings. The Labute approximate surface area is 145 Å². The second kappa shape index (κ2) is 7.12. The van der Waals surface area contributed by atoms with Crippen molar-refractivity contribution in [1.82, 2.24) is 9.80 Å². The van der Waals surface area contributed by atoms with Gasteiger partial charge in [-0.3, -0.25) is 9.80 Å². The molecule has 0 radical (unpaired) electrons. The Kier molecular flexibility index (Phi) is 4.90. The van der Waals surface area contributed by atoms with E-state index in [4.69, 9.17) is 9.47 Å². The third-order valence-corrected chi connectivity index (χ3v) is 6.07. The van der Waals surface area contributed by atoms with Crippen LogP contribution in [-0.2, 0) is 16.0 Å². The highest BCUT2D eigenvalue weighted by Crippen LogP contribution is 2.35. The average molecular weight is 330 g/mol. The van der Waals surface area contributed by atoms with Gasteiger partial charge >= 0.3 is 0 Å². The van der Waals surface area contributed by atoms with Crippen LogP contribution < -0.4 is 0 Å². The fourth-order valence-electron chi connectivity index (χ4n) is 4.63. The van der Waals surface area contributed by atoms with Gasteiger partial charge in [-0.05, 0) is 38.3 Å². The number of hydrogen-bond donors (Lipinski definition) is 0. The Morgan fingerprint density at radius 3 is 2.62 bits per heavy atom. The number of piperidine rings is 1. The molecule has 132 valence electrons. The standard InChI is InChI=1S/C20H30N2O2/c1-20(23-12-13-24-20)18-8-5-10-22(15-18)19-9-11-21(16-19)14-17-6-3-2-4-7-17/h2-4,6-7,18-19H,5,8-16H2,1H3/t18-,19+/m0/s1. The van der Waals surface area contributed by atoms with Gasteiger partial charge < -0.3 is 9.47 Å². The molecule has 0 aromatic heterocycles. The molecule has 0 bridgehead atoms. The summed E-state index contributed by atoms with van der Waals surface area (Å²) in [5.74, 6) is 0.165. The molecule has 1 aromatic carbocycles. The molecule has 3 fully saturated rings. The largest absolute Gasteiger partial charge is 0.347 e. The summed E-state index contributed by atoms with van der Waals surface area (Å²) < 4.78 is 11.9. The van der Waals surface area contributed by atoms with E-state index in [1.165, 1.54) is 44.5 Å². The zero-order valence-electron chi connectivity index (χ0n) is 14.8. The topological polar surface area (TPSA) is 24.9 Å². The summed E-state index contributed by atoms with van der Waals surface area (Å²) in [4.78, 5) is 5.31. The number of ether oxygens (including phenoxy) is 2. The van der Waals surface area contributed by atoms with Gasteiger partial charge in [-0.25, -0.2) is 0 Å². The molecule has 0 spiro atoms. The van der Waals surface area contributed by atoms with Crippen LogP contribution in [0.25, 0.3) is 0 Å². The highest BCUT2D eigenvalue weighted by molar-refractivity contribution is 5.14. The van der Waals surface area contributed by atoms with Gasteiger partial charge in [0, 0.05) is 38.1 Å². The first kappa shape index (κ1) is 16.5. The van der Waals surface area contributed by atoms with Crippen LogP contribution in [0.2, 0.25) is 0 Å². The van der Waals surface area contributed by atoms with Crippen LogP contribution in [0.5, 0.6) is 0 Å². The molecule has 1 aromatic rings. The van der Waals surface area contributed by atoms with Crippen LogP contribution in [0.4, 0.5) is 0 Å². The molecule has 24 heavy (non-hydrogen) atoms. The number of likely N-dealkylation sites (tertiary alicyclic amines) is 2. The lowest BCUT2D eigenvalue weighted by Crippen LogP contribution is -2.50. The van der Waals surface area contributed by atoms with Crippen LogP contribution in [-0.4, -0.2) is 61.0 Å². The van der Waals surface area contributed by atoms with E-state index in [0.717, 1.165) is 26.3 Å². The maximum absolute atomic E-state index is 5.93. The summed E-state index contributed by atoms with van der Waals surface area (Å²) in [6.07, 6.45) is 3.79. The predicted molar refractivity (Wildman–Crippen MR) is 94.7 cm³/mol. The van der Waals surface area contributed by atoms with E-state index in [9.17, 15) is 0 Å². The molecule has 3 heterocycles. The number of hydrogen-bond acceptors (Lipinski definition) is 4. The number of nitrogens with zero attached hydrogens (tertiary/aromatic N) is 2. The lowest BCUT2D eigenvalue weighted by Gasteiger charge is -2.42. The number of benzene rings is 1. The van der Waals surface area contributed by atoms with Crippen molar-refractivity contribution in [2.24, 2.45) is 5.92 Å². The first-order valence-corrected chi connectivity index (χ1v) is 9.51. The van der Waals surface area contributed by atoms with Gasteiger partial charge in [0.2, 0.25) is 0 Å². The van der Waals surface area contributed by atoms with Gasteiger partial charge in [-0.2, -0.15) is 0 Å². The zero-order chi connectivity index (χ0) is 16.4. The van der Waals surface area contributed by atoms with Crippen LogP contribution in [0.15, 0.2) is 30.3 Å². The van der Waals surface area contributed by atoms with E-state index in [-0.39, 0.29) is 5.79 Å². The SMILES string of the molecule is CC1([C@H]2CCCN([C@@H]3CCN(Cc4ccccc4)C3)C2)OCCO1. The minimum absolute atomic E-state index is 0.346. The van der Waals surface area contributed by atoms with Gasteiger partial charge in [0.25, 0.3) is 0 Å². The normalized spacial score (nSPS) is 31.5. The Morgan fingerprint density at radius 2 is 1.83 bits per heavy atom. The van der Waals surface area contributed by atoms with Gasteiger partial charge in [0.15, 0.2) is 5.79 Å². The maximum Gasteiger partial charge on any atom is 0.169 e. The molecule has 0 aliphatic carbocycles. The summed E-state index contributed by atoms with van der Waals surface area (Å²) >= 11 is 0. The lowest BCUT2D eigenvalue weighted by atomic mass is 9.89. The summed E-state index contributed by atoms with van der Waals surface area (Å²) in [6, 6.07) is 11.5. The molecule has 4 heteroatoms. The Hall–Kier alpha value is -0.940. The fraction of sp³-hybridized carbons (Fsp3) is 0.700. The minimum Gasteiger partial charge on any atom is -0.347 e. The summed E-state index contributed by atoms with van der Waals surface area (Å²) in [5, 5.41) is 0. The maximum atomic E-state index is 5.93. The smallest absolute Gasteiger partial charge is 0.169 e. The molecule has 2 atom stereocenters. The van der Waals surface area contributed by atoms with Gasteiger partial charge in [0.05, 0.1) is 13.2 Å². The van der Waals surface area contributed by atoms with E-state index in [1.54, 1.807) is 0 Å². The van der Waals surface area contributed by atoms with Crippen molar-refractivity contribution >= 4 is 0 Å². The van der Waals surface area contributed by atoms with Crippen LogP contribution in [0.3, 0.4) is 0 Å². The summed E-state index contributed by atoms with van der Waals surface area (Å²) in [7, 11) is 0. The second-order valence-electron chi connectivity index (χ2n) is 7.71. The van der Waals surface area contributed by atoms with Crippen molar-refractivity contribution in [3.63, 3.8) is 0 Å². The van der Waals surface area contributed by atoms with E-state index < -0.39 is 0 Å². The quantitative estimate of drug-likeness (QED) is 0.847. The average Bonchev–Trinajstić information content (AvgIpc) is 3.26. The molecule has 4 rings (SSSR count). The summed E-state index contributed by atoms with van der Waals surface area (Å²) in [5.41, 5.74) is 1.43. The molecular weight excluding hydrogens is 300 g/mol. The van der Waals surface area contributed by atoms with E-state index in [0.29, 0.717) is 12.0 Å². The molecular formula is C20H30N2O2. The second-order valence-corrected chi connectivity index (χ2v) is 7.71. The van der Waals surface area contributed by atoms with Gasteiger partial charge in [-0.15, -0.1) is 0 Å². The Morgan fingerprint density at radius 1 is 1.04 bits per heavy atom. The molecule has 3 saturated heterocycles. The zero-order valence-corrected chi connectivity index (χ0v) is 14.8. The minimum atomic E-state index is -0.346. The number of rotatable bonds is 4. The van der Waals surface area contributed by atoms with Crippen molar-refractivity contribution in [3.8, 4) is 0 Å². The van der Waals surface area contributed by atoms with Gasteiger partial charge in [-0.1, -0.05) is 30.3 Å². The van der Waals surface area contributed by atoms with E-state index in [2.05, 4.69) is 47.1 Å². The van der Waals surface area contributed by atoms with Crippen LogP contribution in [0.1, 0.15) is 31.7 Å². The third-order valence-electron chi connectivity index (χ3n) is 6.07. The first-order valence-electron chi connectivity index (χ1n) is 9.51. The highest BCUT2D eigenvalue weighted by atomic mass is 16.7. The molecule has 0 N–H and O–H groups in total. The van der Waals surface area contributed by atoms with Crippen molar-refractivity contribution in [1.29, 1.82) is 0 Å². The summed E-state index contributed by atoms with van der Waals surface area (Å²) in [6.45, 7) is 9.49. The van der Waals surface area contributed by atoms with Crippen molar-refractivity contribution < 1.29 is 9.47 Å². The van der Waals surface area contributed by atoms with Crippen molar-refractivity contribution in [2.45, 2.75) is 44.6 Å². The molecule has 0 amide bonds. The lowest BCUT2D eigenvalue weighted by molar-refractivity contribution is -0.193. The molecule has 0 unspecified atom stereocenters. The Balaban J connectivity index is 1.33. The molecule has 0 saturated carbocycles. The molecule has 3 aliphatic heterocycles. The monoisotopic (exact) mass is 330 g/mol. The van der Waals surface area contributed by atoms with Crippen LogP contribution in [0, 0.1) is 5.92 Å². The third kappa shape index (κ3) is 3.52. The Bertz CT molecular complexity index is 530. The fourth-order valence-corrected chi connectivity index (χ4v) is 4.63. The van der Waals surface area contributed by atoms with E-state index >= 15 is 0 Å². The molecule has 4 nitrogen and oxygen atoms in total. The highest BCUT2D eigenvalue weighted by Gasteiger charge is 2.43.